The van der Waals surface area contributed by atoms with Gasteiger partial charge < -0.3 is 15.2 Å². The van der Waals surface area contributed by atoms with Gasteiger partial charge in [-0.15, -0.1) is 11.6 Å². The van der Waals surface area contributed by atoms with Gasteiger partial charge in [-0.2, -0.15) is 0 Å². The molecule has 4 rings (SSSR count). The van der Waals surface area contributed by atoms with E-state index in [4.69, 9.17) is 26.2 Å². The number of nitrogens with zero attached hydrogens (tertiary/aromatic N) is 1. The van der Waals surface area contributed by atoms with Crippen LogP contribution in [0.2, 0.25) is 0 Å². The molecule has 2 N–H and O–H groups in total. The zero-order valence-corrected chi connectivity index (χ0v) is 21.6. The Morgan fingerprint density at radius 1 is 1.12 bits per heavy atom. The molecule has 0 fully saturated rings. The number of halogens is 1. The van der Waals surface area contributed by atoms with Crippen molar-refractivity contribution in [2.24, 2.45) is 4.99 Å². The Hall–Kier alpha value is -3.05. The number of allylic oxidation sites excluding steroid dienone is 2. The van der Waals surface area contributed by atoms with Gasteiger partial charge in [-0.25, -0.2) is 4.99 Å². The Morgan fingerprint density at radius 2 is 1.79 bits per heavy atom. The van der Waals surface area contributed by atoms with E-state index in [0.717, 1.165) is 17.0 Å². The fraction of sp³-hybridized carbons (Fsp3) is 0.357. The molecular weight excluding hydrogens is 448 g/mol. The molecule has 1 heterocycles. The maximum absolute atomic E-state index is 8.36. The Morgan fingerprint density at radius 3 is 2.44 bits per heavy atom. The minimum atomic E-state index is -0.250. The van der Waals surface area contributed by atoms with E-state index in [0.29, 0.717) is 18.5 Å². The van der Waals surface area contributed by atoms with E-state index < -0.39 is 0 Å². The van der Waals surface area contributed by atoms with Gasteiger partial charge in [-0.1, -0.05) is 64.1 Å². The first-order valence-corrected chi connectivity index (χ1v) is 12.1. The minimum Gasteiger partial charge on any atom is -0.483 e. The van der Waals surface area contributed by atoms with Gasteiger partial charge in [0, 0.05) is 11.6 Å². The van der Waals surface area contributed by atoms with Crippen molar-refractivity contribution in [1.29, 1.82) is 0 Å². The summed E-state index contributed by atoms with van der Waals surface area (Å²) in [7, 11) is 0. The van der Waals surface area contributed by atoms with Gasteiger partial charge in [0.1, 0.15) is 5.75 Å². The molecule has 2 aromatic rings. The van der Waals surface area contributed by atoms with Gasteiger partial charge >= 0.3 is 0 Å². The predicted octanol–water partition coefficient (Wildman–Crippen LogP) is 6.71. The molecule has 182 valence electrons. The molecule has 2 atom stereocenters. The van der Waals surface area contributed by atoms with Crippen LogP contribution in [0.3, 0.4) is 0 Å². The lowest BCUT2D eigenvalue weighted by Gasteiger charge is -2.30. The molecule has 1 aliphatic heterocycles. The zero-order valence-electron chi connectivity index (χ0n) is 20.8. The van der Waals surface area contributed by atoms with Crippen LogP contribution in [-0.2, 0) is 4.79 Å². The lowest BCUT2D eigenvalue weighted by atomic mass is 9.82. The van der Waals surface area contributed by atoms with Crippen molar-refractivity contribution in [3.63, 3.8) is 0 Å². The van der Waals surface area contributed by atoms with Gasteiger partial charge in [0.05, 0.1) is 11.9 Å². The van der Waals surface area contributed by atoms with E-state index in [2.05, 4.69) is 80.5 Å². The summed E-state index contributed by atoms with van der Waals surface area (Å²) >= 11 is 6.82. The number of fused-ring (bicyclic) bond motifs is 1. The smallest absolute Gasteiger partial charge is 0.295 e. The summed E-state index contributed by atoms with van der Waals surface area (Å²) in [5.74, 6) is 1.39. The van der Waals surface area contributed by atoms with E-state index in [1.165, 1.54) is 22.3 Å². The highest BCUT2D eigenvalue weighted by atomic mass is 35.5. The SMILES string of the molecule is CC.Cc1ccc(OC2=NCC3=CC(c4ccccc4C(C)C)C(Cl)C=C3N2)cc1C.O=CO. The quantitative estimate of drug-likeness (QED) is 0.377. The second-order valence-corrected chi connectivity index (χ2v) is 8.73. The fourth-order valence-corrected chi connectivity index (χ4v) is 4.22. The lowest BCUT2D eigenvalue weighted by Crippen LogP contribution is -2.36. The van der Waals surface area contributed by atoms with Gasteiger partial charge in [-0.3, -0.25) is 4.79 Å². The number of amidine groups is 1. The van der Waals surface area contributed by atoms with Crippen molar-refractivity contribution in [3.05, 3.63) is 88.1 Å². The van der Waals surface area contributed by atoms with Crippen LogP contribution < -0.4 is 10.1 Å². The van der Waals surface area contributed by atoms with Crippen molar-refractivity contribution in [2.45, 2.75) is 58.8 Å². The summed E-state index contributed by atoms with van der Waals surface area (Å²) in [5.41, 5.74) is 7.25. The third-order valence-electron chi connectivity index (χ3n) is 5.70. The number of aryl methyl sites for hydroxylation is 2. The van der Waals surface area contributed by atoms with Gasteiger partial charge in [0.2, 0.25) is 0 Å². The molecule has 1 aliphatic carbocycles. The molecule has 0 spiro atoms. The molecular formula is C28H35ClN2O3. The maximum Gasteiger partial charge on any atom is 0.295 e. The highest BCUT2D eigenvalue weighted by molar-refractivity contribution is 6.22. The first-order valence-electron chi connectivity index (χ1n) is 11.6. The average molecular weight is 483 g/mol. The van der Waals surface area contributed by atoms with Crippen LogP contribution >= 0.6 is 11.6 Å². The summed E-state index contributed by atoms with van der Waals surface area (Å²) < 4.78 is 5.97. The Bertz CT molecular complexity index is 1070. The standard InChI is InChI=1S/C25H27ClN2O.C2H6.CH2O2/c1-15(2)20-7-5-6-8-21(20)22-12-18-14-27-25(28-24(18)13-23(22)26)29-19-10-9-16(3)17(4)11-19;1-2;2-1-3/h5-13,15,22-23H,14H2,1-4H3,(H,27,28);1-2H3;1H,(H,2,3). The molecule has 2 aliphatic rings. The molecule has 2 unspecified atom stereocenters. The number of alkyl halides is 1. The first-order chi connectivity index (χ1) is 16.3. The number of hydrogen-bond acceptors (Lipinski definition) is 4. The fourth-order valence-electron chi connectivity index (χ4n) is 3.89. The molecule has 5 nitrogen and oxygen atoms in total. The molecule has 0 saturated carbocycles. The number of ether oxygens (including phenoxy) is 1. The molecule has 2 aromatic carbocycles. The molecule has 0 radical (unpaired) electrons. The molecule has 6 heteroatoms. The van der Waals surface area contributed by atoms with Gasteiger partial charge in [0.15, 0.2) is 0 Å². The number of aliphatic imine (C=N–C) groups is 1. The Kier molecular flexibility index (Phi) is 10.4. The first kappa shape index (κ1) is 27.2. The topological polar surface area (TPSA) is 70.9 Å². The number of benzene rings is 2. The number of hydrogen-bond donors (Lipinski definition) is 2. The number of rotatable bonds is 3. The van der Waals surface area contributed by atoms with Crippen LogP contribution in [0.1, 0.15) is 61.8 Å². The van der Waals surface area contributed by atoms with Gasteiger partial charge in [0.25, 0.3) is 12.5 Å². The zero-order chi connectivity index (χ0) is 25.3. The average Bonchev–Trinajstić information content (AvgIpc) is 2.83. The van der Waals surface area contributed by atoms with Crippen molar-refractivity contribution < 1.29 is 14.6 Å². The predicted molar refractivity (Wildman–Crippen MR) is 141 cm³/mol. The van der Waals surface area contributed by atoms with Crippen molar-refractivity contribution in [1.82, 2.24) is 5.32 Å². The molecule has 0 saturated heterocycles. The second kappa shape index (κ2) is 13.0. The molecule has 0 bridgehead atoms. The highest BCUT2D eigenvalue weighted by Gasteiger charge is 2.29. The summed E-state index contributed by atoms with van der Waals surface area (Å²) in [4.78, 5) is 13.0. The second-order valence-electron chi connectivity index (χ2n) is 8.23. The normalized spacial score (nSPS) is 18.4. The van der Waals surface area contributed by atoms with Crippen molar-refractivity contribution in [3.8, 4) is 5.75 Å². The largest absolute Gasteiger partial charge is 0.483 e. The van der Waals surface area contributed by atoms with Crippen molar-refractivity contribution in [2.75, 3.05) is 6.54 Å². The highest BCUT2D eigenvalue weighted by Crippen LogP contribution is 2.37. The van der Waals surface area contributed by atoms with E-state index in [9.17, 15) is 0 Å². The molecule has 0 aromatic heterocycles. The summed E-state index contributed by atoms with van der Waals surface area (Å²) in [6, 6.07) is 15.2. The number of carboxylic acid groups (broad SMARTS) is 1. The van der Waals surface area contributed by atoms with E-state index >= 15 is 0 Å². The van der Waals surface area contributed by atoms with Gasteiger partial charge in [-0.05, 0) is 65.8 Å². The van der Waals surface area contributed by atoms with E-state index in [1.807, 2.05) is 26.0 Å². The van der Waals surface area contributed by atoms with Crippen molar-refractivity contribution >= 4 is 24.1 Å². The van der Waals surface area contributed by atoms with Crippen LogP contribution in [0.4, 0.5) is 0 Å². The summed E-state index contributed by atoms with van der Waals surface area (Å²) in [6.07, 6.45) is 4.36. The summed E-state index contributed by atoms with van der Waals surface area (Å²) in [5, 5.41) is 10.1. The Labute approximate surface area is 208 Å². The maximum atomic E-state index is 8.36. The third-order valence-corrected chi connectivity index (χ3v) is 6.10. The minimum absolute atomic E-state index is 0.123. The molecule has 34 heavy (non-hydrogen) atoms. The van der Waals surface area contributed by atoms with Crippen LogP contribution in [-0.4, -0.2) is 29.5 Å². The van der Waals surface area contributed by atoms with E-state index in [1.54, 1.807) is 0 Å². The Balaban J connectivity index is 0.000000758. The van der Waals surface area contributed by atoms with Crippen LogP contribution in [0, 0.1) is 13.8 Å². The monoisotopic (exact) mass is 482 g/mol. The third kappa shape index (κ3) is 6.73. The summed E-state index contributed by atoms with van der Waals surface area (Å²) in [6.45, 7) is 13.0. The van der Waals surface area contributed by atoms with E-state index in [-0.39, 0.29) is 17.8 Å². The van der Waals surface area contributed by atoms with Crippen LogP contribution in [0.5, 0.6) is 5.75 Å². The molecule has 0 amide bonds. The van der Waals surface area contributed by atoms with Crippen LogP contribution in [0.25, 0.3) is 0 Å². The lowest BCUT2D eigenvalue weighted by molar-refractivity contribution is -0.122. The number of carbonyl (C=O) groups is 1. The van der Waals surface area contributed by atoms with Crippen LogP contribution in [0.15, 0.2) is 70.9 Å². The number of nitrogens with one attached hydrogen (secondary N) is 1.